The Balaban J connectivity index is 1.94. The van der Waals surface area contributed by atoms with Crippen LogP contribution in [-0.4, -0.2) is 12.1 Å². The van der Waals surface area contributed by atoms with Gasteiger partial charge in [-0.3, -0.25) is 0 Å². The summed E-state index contributed by atoms with van der Waals surface area (Å²) in [5.74, 6) is 0. The van der Waals surface area contributed by atoms with Gasteiger partial charge in [0.2, 0.25) is 0 Å². The number of hydrogen-bond acceptors (Lipinski definition) is 2. The van der Waals surface area contributed by atoms with Gasteiger partial charge >= 0.3 is 0 Å². The van der Waals surface area contributed by atoms with Gasteiger partial charge in [0.1, 0.15) is 0 Å². The highest BCUT2D eigenvalue weighted by atomic mass is 15.0. The van der Waals surface area contributed by atoms with E-state index in [0.717, 1.165) is 6.42 Å². The quantitative estimate of drug-likeness (QED) is 0.606. The third-order valence-corrected chi connectivity index (χ3v) is 3.27. The molecule has 1 aliphatic carbocycles. The van der Waals surface area contributed by atoms with Gasteiger partial charge in [0.25, 0.3) is 0 Å². The predicted octanol–water partition coefficient (Wildman–Crippen LogP) is 1.83. The molecule has 0 aromatic carbocycles. The molecule has 3 aliphatic rings. The van der Waals surface area contributed by atoms with Gasteiger partial charge in [0, 0.05) is 23.9 Å². The van der Waals surface area contributed by atoms with Gasteiger partial charge in [-0.1, -0.05) is 6.08 Å². The summed E-state index contributed by atoms with van der Waals surface area (Å²) in [7, 11) is 0. The first-order chi connectivity index (χ1) is 6.72. The summed E-state index contributed by atoms with van der Waals surface area (Å²) in [6.07, 6.45) is 6.97. The van der Waals surface area contributed by atoms with Gasteiger partial charge in [-0.25, -0.2) is 0 Å². The van der Waals surface area contributed by atoms with Crippen molar-refractivity contribution in [2.24, 2.45) is 0 Å². The maximum atomic E-state index is 3.56. The van der Waals surface area contributed by atoms with Gasteiger partial charge in [-0.2, -0.15) is 0 Å². The minimum Gasteiger partial charge on any atom is -0.385 e. The summed E-state index contributed by atoms with van der Waals surface area (Å²) >= 11 is 0. The molecule has 0 aromatic rings. The molecule has 14 heavy (non-hydrogen) atoms. The minimum atomic E-state index is 0.534. The predicted molar refractivity (Wildman–Crippen MR) is 57.6 cm³/mol. The Hall–Kier alpha value is -1.18. The van der Waals surface area contributed by atoms with E-state index >= 15 is 0 Å². The Morgan fingerprint density at radius 1 is 1.21 bits per heavy atom. The van der Waals surface area contributed by atoms with Crippen LogP contribution in [-0.2, 0) is 0 Å². The molecule has 0 saturated carbocycles. The summed E-state index contributed by atoms with van der Waals surface area (Å²) < 4.78 is 0. The molecule has 2 heterocycles. The first-order valence-electron chi connectivity index (χ1n) is 5.37. The molecule has 0 bridgehead atoms. The Morgan fingerprint density at radius 2 is 2.07 bits per heavy atom. The summed E-state index contributed by atoms with van der Waals surface area (Å²) in [4.78, 5) is 0. The van der Waals surface area contributed by atoms with Crippen molar-refractivity contribution in [1.29, 1.82) is 0 Å². The van der Waals surface area contributed by atoms with E-state index in [4.69, 9.17) is 0 Å². The minimum absolute atomic E-state index is 0.534. The lowest BCUT2D eigenvalue weighted by atomic mass is 9.93. The van der Waals surface area contributed by atoms with Crippen molar-refractivity contribution in [1.82, 2.24) is 10.6 Å². The normalized spacial score (nSPS) is 34.1. The highest BCUT2D eigenvalue weighted by Crippen LogP contribution is 2.33. The van der Waals surface area contributed by atoms with Crippen molar-refractivity contribution in [2.75, 3.05) is 0 Å². The molecule has 0 spiro atoms. The average Bonchev–Trinajstić information content (AvgIpc) is 2.59. The first kappa shape index (κ1) is 8.16. The lowest BCUT2D eigenvalue weighted by Crippen LogP contribution is -2.29. The maximum absolute atomic E-state index is 3.56. The van der Waals surface area contributed by atoms with Crippen molar-refractivity contribution in [3.8, 4) is 0 Å². The number of hydrogen-bond donors (Lipinski definition) is 2. The summed E-state index contributed by atoms with van der Waals surface area (Å²) in [6, 6.07) is 1.16. The molecule has 2 N–H and O–H groups in total. The molecule has 0 radical (unpaired) electrons. The largest absolute Gasteiger partial charge is 0.385 e. The number of allylic oxidation sites excluding steroid dienone is 2. The third kappa shape index (κ3) is 1.10. The van der Waals surface area contributed by atoms with Crippen molar-refractivity contribution in [3.05, 3.63) is 34.7 Å². The molecule has 0 aromatic heterocycles. The van der Waals surface area contributed by atoms with Crippen molar-refractivity contribution in [3.63, 3.8) is 0 Å². The molecular formula is C12H16N2. The highest BCUT2D eigenvalue weighted by Gasteiger charge is 2.29. The van der Waals surface area contributed by atoms with E-state index in [-0.39, 0.29) is 0 Å². The highest BCUT2D eigenvalue weighted by molar-refractivity contribution is 5.47. The number of fused-ring (bicyclic) bond motifs is 1. The lowest BCUT2D eigenvalue weighted by Gasteiger charge is -2.20. The van der Waals surface area contributed by atoms with E-state index in [0.29, 0.717) is 12.1 Å². The van der Waals surface area contributed by atoms with Crippen LogP contribution in [0.2, 0.25) is 0 Å². The fraction of sp³-hybridized carbons (Fsp3) is 0.500. The topological polar surface area (TPSA) is 24.1 Å². The van der Waals surface area contributed by atoms with Gasteiger partial charge in [-0.05, 0) is 37.5 Å². The molecule has 2 heteroatoms. The van der Waals surface area contributed by atoms with Crippen molar-refractivity contribution < 1.29 is 0 Å². The third-order valence-electron chi connectivity index (χ3n) is 3.27. The molecule has 2 aliphatic heterocycles. The molecule has 2 atom stereocenters. The van der Waals surface area contributed by atoms with E-state index in [1.807, 2.05) is 0 Å². The van der Waals surface area contributed by atoms with Crippen molar-refractivity contribution in [2.45, 2.75) is 38.8 Å². The molecule has 2 unspecified atom stereocenters. The van der Waals surface area contributed by atoms with Gasteiger partial charge in [-0.15, -0.1) is 0 Å². The Labute approximate surface area is 84.8 Å². The SMILES string of the molecule is CC1=CC2=CC3=C(CC2N1)NC(C)C3. The zero-order chi connectivity index (χ0) is 9.71. The van der Waals surface area contributed by atoms with Crippen LogP contribution in [0.5, 0.6) is 0 Å². The van der Waals surface area contributed by atoms with Crippen LogP contribution in [0, 0.1) is 0 Å². The van der Waals surface area contributed by atoms with Crippen LogP contribution < -0.4 is 10.6 Å². The molecular weight excluding hydrogens is 172 g/mol. The molecule has 0 fully saturated rings. The van der Waals surface area contributed by atoms with E-state index in [1.54, 1.807) is 0 Å². The van der Waals surface area contributed by atoms with Crippen LogP contribution in [0.1, 0.15) is 26.7 Å². The smallest absolute Gasteiger partial charge is 0.0566 e. The second-order valence-electron chi connectivity index (χ2n) is 4.63. The fourth-order valence-corrected chi connectivity index (χ4v) is 2.70. The Kier molecular flexibility index (Phi) is 1.55. The van der Waals surface area contributed by atoms with Gasteiger partial charge in [0.15, 0.2) is 0 Å². The zero-order valence-corrected chi connectivity index (χ0v) is 8.72. The lowest BCUT2D eigenvalue weighted by molar-refractivity contribution is 0.608. The second-order valence-corrected chi connectivity index (χ2v) is 4.63. The summed E-state index contributed by atoms with van der Waals surface area (Å²) in [5.41, 5.74) is 5.76. The maximum Gasteiger partial charge on any atom is 0.0566 e. The zero-order valence-electron chi connectivity index (χ0n) is 8.72. The van der Waals surface area contributed by atoms with Crippen LogP contribution in [0.4, 0.5) is 0 Å². The molecule has 0 amide bonds. The van der Waals surface area contributed by atoms with Gasteiger partial charge in [0.05, 0.1) is 6.04 Å². The van der Waals surface area contributed by atoms with Crippen molar-refractivity contribution >= 4 is 0 Å². The summed E-state index contributed by atoms with van der Waals surface area (Å²) in [5, 5.41) is 7.06. The molecule has 2 nitrogen and oxygen atoms in total. The van der Waals surface area contributed by atoms with Crippen LogP contribution in [0.3, 0.4) is 0 Å². The van der Waals surface area contributed by atoms with Crippen LogP contribution >= 0.6 is 0 Å². The van der Waals surface area contributed by atoms with Crippen LogP contribution in [0.15, 0.2) is 34.7 Å². The van der Waals surface area contributed by atoms with Gasteiger partial charge < -0.3 is 10.6 Å². The van der Waals surface area contributed by atoms with E-state index in [1.165, 1.54) is 29.0 Å². The molecule has 0 saturated heterocycles. The standard InChI is InChI=1S/C12H16N2/c1-7-3-9-5-10-4-8(2)14-12(10)6-11(9)13-7/h3,5,8,11,13-14H,4,6H2,1-2H3. The number of rotatable bonds is 0. The average molecular weight is 188 g/mol. The Bertz CT molecular complexity index is 374. The van der Waals surface area contributed by atoms with E-state index in [9.17, 15) is 0 Å². The number of nitrogens with one attached hydrogen (secondary N) is 2. The monoisotopic (exact) mass is 188 g/mol. The summed E-state index contributed by atoms with van der Waals surface area (Å²) in [6.45, 7) is 4.39. The fourth-order valence-electron chi connectivity index (χ4n) is 2.70. The second kappa shape index (κ2) is 2.66. The first-order valence-corrected chi connectivity index (χ1v) is 5.37. The molecule has 74 valence electrons. The Morgan fingerprint density at radius 3 is 2.93 bits per heavy atom. The van der Waals surface area contributed by atoms with E-state index in [2.05, 4.69) is 36.6 Å². The van der Waals surface area contributed by atoms with Crippen LogP contribution in [0.25, 0.3) is 0 Å². The van der Waals surface area contributed by atoms with E-state index < -0.39 is 0 Å². The molecule has 3 rings (SSSR count).